The first kappa shape index (κ1) is 19.9. The monoisotopic (exact) mass is 359 g/mol. The Hall–Kier alpha value is -2.37. The van der Waals surface area contributed by atoms with Gasteiger partial charge in [-0.1, -0.05) is 44.2 Å². The summed E-state index contributed by atoms with van der Waals surface area (Å²) in [4.78, 5) is 34.4. The first-order chi connectivity index (χ1) is 12.5. The van der Waals surface area contributed by atoms with Gasteiger partial charge in [0.25, 0.3) is 5.91 Å². The summed E-state index contributed by atoms with van der Waals surface area (Å²) in [6.07, 6.45) is 9.37. The highest BCUT2D eigenvalue weighted by Crippen LogP contribution is 2.27. The molecule has 142 valence electrons. The molecule has 0 unspecified atom stereocenters. The number of nitrogens with one attached hydrogen (secondary N) is 2. The average Bonchev–Trinajstić information content (AvgIpc) is 2.65. The number of amides is 3. The van der Waals surface area contributed by atoms with E-state index in [1.807, 2.05) is 0 Å². The third-order valence-electron chi connectivity index (χ3n) is 4.87. The van der Waals surface area contributed by atoms with Gasteiger partial charge in [-0.2, -0.15) is 0 Å². The van der Waals surface area contributed by atoms with Crippen LogP contribution in [0.15, 0.2) is 24.3 Å². The van der Waals surface area contributed by atoms with Crippen molar-refractivity contribution in [3.05, 3.63) is 35.4 Å². The third-order valence-corrected chi connectivity index (χ3v) is 4.87. The van der Waals surface area contributed by atoms with Gasteiger partial charge in [-0.05, 0) is 36.5 Å². The summed E-state index contributed by atoms with van der Waals surface area (Å²) in [5, 5.41) is 5.36. The second-order valence-corrected chi connectivity index (χ2v) is 7.02. The van der Waals surface area contributed by atoms with E-state index in [0.717, 1.165) is 24.3 Å². The van der Waals surface area contributed by atoms with Crippen LogP contribution in [-0.4, -0.2) is 24.3 Å². The summed E-state index contributed by atoms with van der Waals surface area (Å²) in [5.41, 5.74) is 6.37. The van der Waals surface area contributed by atoms with Gasteiger partial charge in [0.05, 0.1) is 6.54 Å². The van der Waals surface area contributed by atoms with Crippen molar-refractivity contribution in [1.29, 1.82) is 0 Å². The molecule has 1 saturated carbocycles. The predicted molar refractivity (Wildman–Crippen MR) is 100 cm³/mol. The Morgan fingerprint density at radius 2 is 1.69 bits per heavy atom. The number of hydrogen-bond donors (Lipinski definition) is 3. The fourth-order valence-electron chi connectivity index (χ4n) is 3.36. The Kier molecular flexibility index (Phi) is 8.12. The third kappa shape index (κ3) is 7.25. The molecule has 0 saturated heterocycles. The number of benzene rings is 1. The first-order valence-corrected chi connectivity index (χ1v) is 9.46. The van der Waals surface area contributed by atoms with Gasteiger partial charge in [-0.3, -0.25) is 14.4 Å². The van der Waals surface area contributed by atoms with Gasteiger partial charge >= 0.3 is 0 Å². The molecule has 1 aliphatic carbocycles. The molecule has 0 bridgehead atoms. The Morgan fingerprint density at radius 1 is 1.00 bits per heavy atom. The Balaban J connectivity index is 1.65. The fourth-order valence-corrected chi connectivity index (χ4v) is 3.36. The van der Waals surface area contributed by atoms with Crippen LogP contribution in [0.25, 0.3) is 0 Å². The number of rotatable bonds is 9. The molecule has 0 spiro atoms. The summed E-state index contributed by atoms with van der Waals surface area (Å²) in [7, 11) is 0. The van der Waals surface area contributed by atoms with E-state index in [-0.39, 0.29) is 18.4 Å². The smallest absolute Gasteiger partial charge is 0.251 e. The van der Waals surface area contributed by atoms with Crippen LogP contribution in [0.2, 0.25) is 0 Å². The summed E-state index contributed by atoms with van der Waals surface area (Å²) in [5.74, 6) is -0.0443. The first-order valence-electron chi connectivity index (χ1n) is 9.46. The molecule has 26 heavy (non-hydrogen) atoms. The van der Waals surface area contributed by atoms with Crippen LogP contribution in [-0.2, 0) is 16.1 Å². The second-order valence-electron chi connectivity index (χ2n) is 7.02. The standard InChI is InChI=1S/C20H29N3O3/c21-18(24)14-23-20(26)17-11-9-16(10-12-17)13-22-19(25)8-4-7-15-5-2-1-3-6-15/h9-12,15H,1-8,13-14H2,(H2,21,24)(H,22,25)(H,23,26). The highest BCUT2D eigenvalue weighted by atomic mass is 16.2. The zero-order valence-corrected chi connectivity index (χ0v) is 15.3. The van der Waals surface area contributed by atoms with E-state index in [1.54, 1.807) is 24.3 Å². The molecule has 4 N–H and O–H groups in total. The average molecular weight is 359 g/mol. The highest BCUT2D eigenvalue weighted by molar-refractivity contribution is 5.96. The highest BCUT2D eigenvalue weighted by Gasteiger charge is 2.13. The Labute approximate surface area is 154 Å². The molecule has 6 heteroatoms. The molecule has 1 aromatic carbocycles. The van der Waals surface area contributed by atoms with Gasteiger partial charge in [0, 0.05) is 18.5 Å². The molecule has 0 aromatic heterocycles. The maximum atomic E-state index is 12.0. The summed E-state index contributed by atoms with van der Waals surface area (Å²) < 4.78 is 0. The van der Waals surface area contributed by atoms with E-state index in [2.05, 4.69) is 10.6 Å². The van der Waals surface area contributed by atoms with Crippen LogP contribution >= 0.6 is 0 Å². The van der Waals surface area contributed by atoms with Crippen molar-refractivity contribution in [1.82, 2.24) is 10.6 Å². The largest absolute Gasteiger partial charge is 0.368 e. The molecule has 1 fully saturated rings. The van der Waals surface area contributed by atoms with E-state index in [9.17, 15) is 14.4 Å². The van der Waals surface area contributed by atoms with Crippen molar-refractivity contribution >= 4 is 17.7 Å². The van der Waals surface area contributed by atoms with Crippen LogP contribution in [0, 0.1) is 5.92 Å². The SMILES string of the molecule is NC(=O)CNC(=O)c1ccc(CNC(=O)CCCC2CCCCC2)cc1. The van der Waals surface area contributed by atoms with Gasteiger partial charge in [0.2, 0.25) is 11.8 Å². The normalized spacial score (nSPS) is 14.6. The maximum Gasteiger partial charge on any atom is 0.251 e. The molecule has 1 aromatic rings. The van der Waals surface area contributed by atoms with Crippen molar-refractivity contribution in [2.45, 2.75) is 57.9 Å². The Morgan fingerprint density at radius 3 is 2.35 bits per heavy atom. The predicted octanol–water partition coefficient (Wildman–Crippen LogP) is 2.27. The number of carbonyl (C=O) groups is 3. The fraction of sp³-hybridized carbons (Fsp3) is 0.550. The van der Waals surface area contributed by atoms with Crippen molar-refractivity contribution < 1.29 is 14.4 Å². The van der Waals surface area contributed by atoms with Crippen molar-refractivity contribution in [2.75, 3.05) is 6.54 Å². The molecule has 1 aliphatic rings. The van der Waals surface area contributed by atoms with E-state index in [0.29, 0.717) is 18.5 Å². The van der Waals surface area contributed by atoms with Crippen LogP contribution in [0.5, 0.6) is 0 Å². The van der Waals surface area contributed by atoms with E-state index >= 15 is 0 Å². The quantitative estimate of drug-likeness (QED) is 0.630. The lowest BCUT2D eigenvalue weighted by molar-refractivity contribution is -0.121. The molecular formula is C20H29N3O3. The van der Waals surface area contributed by atoms with Crippen LogP contribution < -0.4 is 16.4 Å². The lowest BCUT2D eigenvalue weighted by Gasteiger charge is -2.21. The van der Waals surface area contributed by atoms with Gasteiger partial charge in [-0.15, -0.1) is 0 Å². The summed E-state index contributed by atoms with van der Waals surface area (Å²) in [6.45, 7) is 0.267. The van der Waals surface area contributed by atoms with Crippen molar-refractivity contribution in [3.63, 3.8) is 0 Å². The van der Waals surface area contributed by atoms with E-state index in [1.165, 1.54) is 32.1 Å². The maximum absolute atomic E-state index is 12.0. The molecule has 0 radical (unpaired) electrons. The van der Waals surface area contributed by atoms with Gasteiger partial charge in [0.15, 0.2) is 0 Å². The van der Waals surface area contributed by atoms with Crippen LogP contribution in [0.3, 0.4) is 0 Å². The van der Waals surface area contributed by atoms with Gasteiger partial charge in [-0.25, -0.2) is 0 Å². The molecule has 2 rings (SSSR count). The summed E-state index contributed by atoms with van der Waals surface area (Å²) in [6, 6.07) is 6.92. The number of carbonyl (C=O) groups excluding carboxylic acids is 3. The summed E-state index contributed by atoms with van der Waals surface area (Å²) >= 11 is 0. The minimum Gasteiger partial charge on any atom is -0.368 e. The van der Waals surface area contributed by atoms with Crippen LogP contribution in [0.4, 0.5) is 0 Å². The molecular weight excluding hydrogens is 330 g/mol. The van der Waals surface area contributed by atoms with Gasteiger partial charge < -0.3 is 16.4 Å². The molecule has 3 amide bonds. The minimum atomic E-state index is -0.582. The van der Waals surface area contributed by atoms with E-state index < -0.39 is 5.91 Å². The molecule has 0 atom stereocenters. The van der Waals surface area contributed by atoms with Crippen molar-refractivity contribution in [3.8, 4) is 0 Å². The topological polar surface area (TPSA) is 101 Å². The zero-order valence-electron chi connectivity index (χ0n) is 15.3. The number of hydrogen-bond acceptors (Lipinski definition) is 3. The molecule has 0 heterocycles. The van der Waals surface area contributed by atoms with E-state index in [4.69, 9.17) is 5.73 Å². The molecule has 0 aliphatic heterocycles. The van der Waals surface area contributed by atoms with Crippen molar-refractivity contribution in [2.24, 2.45) is 11.7 Å². The second kappa shape index (κ2) is 10.6. The lowest BCUT2D eigenvalue weighted by Crippen LogP contribution is -2.33. The lowest BCUT2D eigenvalue weighted by atomic mass is 9.86. The van der Waals surface area contributed by atoms with Gasteiger partial charge in [0.1, 0.15) is 0 Å². The zero-order chi connectivity index (χ0) is 18.8. The van der Waals surface area contributed by atoms with Crippen LogP contribution in [0.1, 0.15) is 67.3 Å². The number of primary amides is 1. The Bertz CT molecular complexity index is 607. The molecule has 6 nitrogen and oxygen atoms in total. The number of nitrogens with two attached hydrogens (primary N) is 1. The minimum absolute atomic E-state index is 0.0732.